The van der Waals surface area contributed by atoms with Crippen LogP contribution < -0.4 is 10.6 Å². The summed E-state index contributed by atoms with van der Waals surface area (Å²) in [4.78, 5) is 39.2. The summed E-state index contributed by atoms with van der Waals surface area (Å²) < 4.78 is 5.29. The largest absolute Gasteiger partial charge is 0.507 e. The van der Waals surface area contributed by atoms with Gasteiger partial charge in [0.25, 0.3) is 17.6 Å². The first-order valence-electron chi connectivity index (χ1n) is 7.99. The molecule has 1 spiro atoms. The number of likely N-dealkylation sites (tertiary alicyclic amines) is 1. The lowest BCUT2D eigenvalue weighted by molar-refractivity contribution is -0.143. The number of halogens is 1. The van der Waals surface area contributed by atoms with Crippen LogP contribution in [0.15, 0.2) is 38.9 Å². The SMILES string of the molecule is O=C1C(=O)N(CCO)C2(Nc3nonc3NC2=O)/C1=C(\O)c1ccc(Br)cc1. The van der Waals surface area contributed by atoms with Gasteiger partial charge in [-0.2, -0.15) is 0 Å². The predicted octanol–water partition coefficient (Wildman–Crippen LogP) is 0.265. The molecule has 0 aliphatic carbocycles. The van der Waals surface area contributed by atoms with E-state index in [1.54, 1.807) is 12.1 Å². The van der Waals surface area contributed by atoms with E-state index in [1.165, 1.54) is 12.1 Å². The Hall–Kier alpha value is -3.25. The van der Waals surface area contributed by atoms with Crippen molar-refractivity contribution in [3.05, 3.63) is 39.9 Å². The summed E-state index contributed by atoms with van der Waals surface area (Å²) >= 11 is 3.27. The number of nitrogens with one attached hydrogen (secondary N) is 2. The van der Waals surface area contributed by atoms with E-state index >= 15 is 0 Å². The van der Waals surface area contributed by atoms with Gasteiger partial charge in [-0.25, -0.2) is 4.63 Å². The Morgan fingerprint density at radius 3 is 2.54 bits per heavy atom. The molecule has 1 aromatic carbocycles. The first-order valence-corrected chi connectivity index (χ1v) is 8.78. The van der Waals surface area contributed by atoms with Crippen LogP contribution in [0.1, 0.15) is 5.56 Å². The van der Waals surface area contributed by atoms with Gasteiger partial charge in [-0.1, -0.05) is 28.1 Å². The maximum absolute atomic E-state index is 13.0. The summed E-state index contributed by atoms with van der Waals surface area (Å²) in [6.45, 7) is -0.866. The van der Waals surface area contributed by atoms with Gasteiger partial charge < -0.3 is 20.8 Å². The normalized spacial score (nSPS) is 22.9. The Kier molecular flexibility index (Phi) is 4.16. The lowest BCUT2D eigenvalue weighted by atomic mass is 9.93. The minimum Gasteiger partial charge on any atom is -0.507 e. The molecule has 2 amide bonds. The molecule has 2 aliphatic rings. The third-order valence-electron chi connectivity index (χ3n) is 4.46. The molecular formula is C16H12BrN5O6. The molecule has 12 heteroatoms. The summed E-state index contributed by atoms with van der Waals surface area (Å²) in [7, 11) is 0. The molecule has 4 N–H and O–H groups in total. The molecule has 1 atom stereocenters. The van der Waals surface area contributed by atoms with Gasteiger partial charge in [0.2, 0.25) is 17.3 Å². The van der Waals surface area contributed by atoms with Gasteiger partial charge in [0.05, 0.1) is 6.61 Å². The van der Waals surface area contributed by atoms with E-state index in [2.05, 4.69) is 41.5 Å². The van der Waals surface area contributed by atoms with Gasteiger partial charge in [-0.15, -0.1) is 0 Å². The van der Waals surface area contributed by atoms with E-state index < -0.39 is 41.2 Å². The Balaban J connectivity index is 1.96. The van der Waals surface area contributed by atoms with Crippen molar-refractivity contribution in [3.63, 3.8) is 0 Å². The fraction of sp³-hybridized carbons (Fsp3) is 0.188. The van der Waals surface area contributed by atoms with Crippen molar-refractivity contribution in [2.75, 3.05) is 23.8 Å². The summed E-state index contributed by atoms with van der Waals surface area (Å²) in [5, 5.41) is 32.4. The molecule has 3 heterocycles. The number of benzene rings is 1. The van der Waals surface area contributed by atoms with Crippen molar-refractivity contribution in [2.24, 2.45) is 0 Å². The third kappa shape index (κ3) is 2.42. The molecule has 28 heavy (non-hydrogen) atoms. The first kappa shape index (κ1) is 18.1. The second-order valence-corrected chi connectivity index (χ2v) is 6.91. The van der Waals surface area contributed by atoms with Gasteiger partial charge in [0.15, 0.2) is 0 Å². The van der Waals surface area contributed by atoms with Gasteiger partial charge >= 0.3 is 0 Å². The molecule has 0 radical (unpaired) electrons. The maximum atomic E-state index is 13.0. The van der Waals surface area contributed by atoms with Crippen molar-refractivity contribution in [1.82, 2.24) is 15.2 Å². The highest BCUT2D eigenvalue weighted by molar-refractivity contribution is 9.10. The number of carbonyl (C=O) groups is 3. The van der Waals surface area contributed by atoms with Gasteiger partial charge in [-0.05, 0) is 22.4 Å². The number of carbonyl (C=O) groups excluding carboxylic acids is 3. The summed E-state index contributed by atoms with van der Waals surface area (Å²) in [6.07, 6.45) is 0. The molecule has 2 aliphatic heterocycles. The predicted molar refractivity (Wildman–Crippen MR) is 96.8 cm³/mol. The average Bonchev–Trinajstić information content (AvgIpc) is 3.19. The minimum atomic E-state index is -2.13. The van der Waals surface area contributed by atoms with E-state index in [0.717, 1.165) is 9.37 Å². The molecule has 0 saturated carbocycles. The summed E-state index contributed by atoms with van der Waals surface area (Å²) in [5.41, 5.74) is -2.40. The van der Waals surface area contributed by atoms with Crippen LogP contribution in [-0.2, 0) is 14.4 Å². The topological polar surface area (TPSA) is 158 Å². The van der Waals surface area contributed by atoms with Crippen LogP contribution in [-0.4, -0.2) is 61.8 Å². The number of β-amino-alcohol motifs (C(OH)–C–C–N with tert-alkyl or cyclic N) is 1. The number of nitrogens with zero attached hydrogens (tertiary/aromatic N) is 3. The lowest BCUT2D eigenvalue weighted by Crippen LogP contribution is -2.63. The highest BCUT2D eigenvalue weighted by Gasteiger charge is 2.63. The van der Waals surface area contributed by atoms with Crippen molar-refractivity contribution < 1.29 is 29.2 Å². The van der Waals surface area contributed by atoms with E-state index in [9.17, 15) is 24.6 Å². The van der Waals surface area contributed by atoms with Gasteiger partial charge in [0, 0.05) is 16.6 Å². The van der Waals surface area contributed by atoms with Gasteiger partial charge in [-0.3, -0.25) is 19.3 Å². The number of amides is 2. The fourth-order valence-corrected chi connectivity index (χ4v) is 3.49. The summed E-state index contributed by atoms with van der Waals surface area (Å²) in [5.74, 6) is -3.64. The van der Waals surface area contributed by atoms with Crippen LogP contribution in [0.3, 0.4) is 0 Å². The number of aliphatic hydroxyl groups is 2. The van der Waals surface area contributed by atoms with Crippen LogP contribution >= 0.6 is 15.9 Å². The molecule has 0 bridgehead atoms. The van der Waals surface area contributed by atoms with Crippen molar-refractivity contribution in [2.45, 2.75) is 5.66 Å². The second-order valence-electron chi connectivity index (χ2n) is 5.99. The van der Waals surface area contributed by atoms with Crippen LogP contribution in [0.2, 0.25) is 0 Å². The number of fused-ring (bicyclic) bond motifs is 1. The Morgan fingerprint density at radius 2 is 1.86 bits per heavy atom. The number of aliphatic hydroxyl groups excluding tert-OH is 2. The fourth-order valence-electron chi connectivity index (χ4n) is 3.23. The lowest BCUT2D eigenvalue weighted by Gasteiger charge is -2.39. The maximum Gasteiger partial charge on any atom is 0.297 e. The Morgan fingerprint density at radius 1 is 1.18 bits per heavy atom. The zero-order chi connectivity index (χ0) is 20.1. The standard InChI is InChI=1S/C16H12BrN5O6/c17-8-3-1-7(2-4-8)10(24)9-11(25)14(26)22(5-6-23)16(9)15(27)18-12-13(19-16)21-28-20-12/h1-4,23-24H,5-6H2,(H,19,21)(H,18,20,27)/b10-9-. The third-order valence-corrected chi connectivity index (χ3v) is 4.99. The van der Waals surface area contributed by atoms with Gasteiger partial charge in [0.1, 0.15) is 11.3 Å². The number of hydrogen-bond acceptors (Lipinski definition) is 9. The molecule has 11 nitrogen and oxygen atoms in total. The van der Waals surface area contributed by atoms with Crippen LogP contribution in [0.25, 0.3) is 5.76 Å². The number of rotatable bonds is 3. The molecular weight excluding hydrogens is 438 g/mol. The molecule has 1 unspecified atom stereocenters. The highest BCUT2D eigenvalue weighted by atomic mass is 79.9. The minimum absolute atomic E-state index is 0.0335. The number of aromatic nitrogens is 2. The average molecular weight is 450 g/mol. The van der Waals surface area contributed by atoms with Crippen LogP contribution in [0.4, 0.5) is 11.6 Å². The Labute approximate surface area is 165 Å². The summed E-state index contributed by atoms with van der Waals surface area (Å²) in [6, 6.07) is 6.27. The van der Waals surface area contributed by atoms with Crippen LogP contribution in [0.5, 0.6) is 0 Å². The second kappa shape index (κ2) is 6.42. The Bertz CT molecular complexity index is 1030. The molecule has 4 rings (SSSR count). The van der Waals surface area contributed by atoms with E-state index in [4.69, 9.17) is 0 Å². The molecule has 1 aromatic heterocycles. The molecule has 1 saturated heterocycles. The number of ketones is 1. The van der Waals surface area contributed by atoms with Crippen molar-refractivity contribution >= 4 is 50.9 Å². The highest BCUT2D eigenvalue weighted by Crippen LogP contribution is 2.42. The smallest absolute Gasteiger partial charge is 0.297 e. The number of anilines is 2. The quantitative estimate of drug-likeness (QED) is 0.293. The molecule has 2 aromatic rings. The van der Waals surface area contributed by atoms with Crippen molar-refractivity contribution in [3.8, 4) is 0 Å². The van der Waals surface area contributed by atoms with E-state index in [-0.39, 0.29) is 23.7 Å². The molecule has 1 fully saturated rings. The van der Waals surface area contributed by atoms with Crippen molar-refractivity contribution in [1.29, 1.82) is 0 Å². The van der Waals surface area contributed by atoms with E-state index in [0.29, 0.717) is 0 Å². The van der Waals surface area contributed by atoms with Crippen LogP contribution in [0, 0.1) is 0 Å². The van der Waals surface area contributed by atoms with E-state index in [1.807, 2.05) is 0 Å². The zero-order valence-electron chi connectivity index (χ0n) is 14.0. The number of Topliss-reactive ketones (excluding diaryl/α,β-unsaturated/α-hetero) is 1. The zero-order valence-corrected chi connectivity index (χ0v) is 15.6. The molecule has 144 valence electrons. The number of hydrogen-bond donors (Lipinski definition) is 4. The first-order chi connectivity index (χ1) is 13.4. The monoisotopic (exact) mass is 449 g/mol.